The van der Waals surface area contributed by atoms with E-state index in [1.807, 2.05) is 18.2 Å². The van der Waals surface area contributed by atoms with Crippen molar-refractivity contribution in [3.63, 3.8) is 0 Å². The molecule has 1 atom stereocenters. The molecule has 1 aromatic carbocycles. The third kappa shape index (κ3) is 2.13. The lowest BCUT2D eigenvalue weighted by atomic mass is 9.80. The molecule has 0 saturated carbocycles. The lowest BCUT2D eigenvalue weighted by molar-refractivity contribution is -0.149. The zero-order chi connectivity index (χ0) is 11.5. The van der Waals surface area contributed by atoms with Gasteiger partial charge in [0.15, 0.2) is 0 Å². The predicted octanol–water partition coefficient (Wildman–Crippen LogP) is 2.15. The summed E-state index contributed by atoms with van der Waals surface area (Å²) in [5.41, 5.74) is 2.42. The number of hydrogen-bond donors (Lipinski definition) is 1. The number of carboxylic acid groups (broad SMARTS) is 1. The molecule has 84 valence electrons. The van der Waals surface area contributed by atoms with Crippen molar-refractivity contribution in [1.82, 2.24) is 0 Å². The van der Waals surface area contributed by atoms with Gasteiger partial charge in [0.25, 0.3) is 0 Å². The van der Waals surface area contributed by atoms with Crippen LogP contribution < -0.4 is 0 Å². The van der Waals surface area contributed by atoms with E-state index in [-0.39, 0.29) is 12.3 Å². The van der Waals surface area contributed by atoms with E-state index in [4.69, 9.17) is 5.11 Å². The maximum atomic E-state index is 11.2. The van der Waals surface area contributed by atoms with Gasteiger partial charge in [0, 0.05) is 6.42 Å². The number of fused-ring (bicyclic) bond motifs is 1. The SMILES string of the molecule is O=C(O)C(=O)C[C@@H]1CCCc2ccccc21. The summed E-state index contributed by atoms with van der Waals surface area (Å²) in [6.45, 7) is 0. The summed E-state index contributed by atoms with van der Waals surface area (Å²) in [5, 5.41) is 8.61. The zero-order valence-electron chi connectivity index (χ0n) is 8.98. The number of rotatable bonds is 3. The van der Waals surface area contributed by atoms with Crippen LogP contribution in [0.1, 0.15) is 36.3 Å². The molecule has 0 aromatic heterocycles. The van der Waals surface area contributed by atoms with Crippen molar-refractivity contribution in [1.29, 1.82) is 0 Å². The highest BCUT2D eigenvalue weighted by Crippen LogP contribution is 2.33. The molecule has 1 aromatic rings. The van der Waals surface area contributed by atoms with E-state index >= 15 is 0 Å². The highest BCUT2D eigenvalue weighted by molar-refractivity contribution is 6.32. The molecule has 3 heteroatoms. The summed E-state index contributed by atoms with van der Waals surface area (Å²) in [6.07, 6.45) is 3.12. The number of aliphatic carboxylic acids is 1. The molecule has 0 aliphatic heterocycles. The number of ketones is 1. The van der Waals surface area contributed by atoms with Crippen LogP contribution in [0.4, 0.5) is 0 Å². The molecule has 0 spiro atoms. The molecule has 0 bridgehead atoms. The summed E-state index contributed by atoms with van der Waals surface area (Å²) in [5.74, 6) is -1.90. The molecule has 2 rings (SSSR count). The topological polar surface area (TPSA) is 54.4 Å². The summed E-state index contributed by atoms with van der Waals surface area (Å²) in [4.78, 5) is 21.8. The molecular formula is C13H14O3. The monoisotopic (exact) mass is 218 g/mol. The Hall–Kier alpha value is -1.64. The molecule has 0 heterocycles. The van der Waals surface area contributed by atoms with Crippen molar-refractivity contribution in [3.05, 3.63) is 35.4 Å². The molecule has 0 amide bonds. The average Bonchev–Trinajstić information content (AvgIpc) is 2.29. The first-order chi connectivity index (χ1) is 7.68. The number of carboxylic acids is 1. The Morgan fingerprint density at radius 1 is 1.31 bits per heavy atom. The van der Waals surface area contributed by atoms with Gasteiger partial charge in [-0.3, -0.25) is 4.79 Å². The van der Waals surface area contributed by atoms with Gasteiger partial charge in [0.2, 0.25) is 5.78 Å². The van der Waals surface area contributed by atoms with Gasteiger partial charge < -0.3 is 5.11 Å². The fourth-order valence-electron chi connectivity index (χ4n) is 2.38. The van der Waals surface area contributed by atoms with Gasteiger partial charge in [-0.25, -0.2) is 4.79 Å². The molecule has 3 nitrogen and oxygen atoms in total. The predicted molar refractivity (Wildman–Crippen MR) is 59.4 cm³/mol. The fourth-order valence-corrected chi connectivity index (χ4v) is 2.38. The van der Waals surface area contributed by atoms with E-state index in [1.54, 1.807) is 0 Å². The van der Waals surface area contributed by atoms with E-state index in [0.29, 0.717) is 0 Å². The minimum Gasteiger partial charge on any atom is -0.476 e. The summed E-state index contributed by atoms with van der Waals surface area (Å²) >= 11 is 0. The molecular weight excluding hydrogens is 204 g/mol. The third-order valence-corrected chi connectivity index (χ3v) is 3.16. The molecule has 0 unspecified atom stereocenters. The van der Waals surface area contributed by atoms with Crippen molar-refractivity contribution >= 4 is 11.8 Å². The number of carbonyl (C=O) groups is 2. The van der Waals surface area contributed by atoms with Crippen molar-refractivity contribution < 1.29 is 14.7 Å². The number of carbonyl (C=O) groups excluding carboxylic acids is 1. The molecule has 0 radical (unpaired) electrons. The van der Waals surface area contributed by atoms with Crippen LogP contribution in [0.3, 0.4) is 0 Å². The van der Waals surface area contributed by atoms with E-state index in [0.717, 1.165) is 24.8 Å². The van der Waals surface area contributed by atoms with Gasteiger partial charge in [-0.05, 0) is 36.3 Å². The standard InChI is InChI=1S/C13H14O3/c14-12(13(15)16)8-10-6-3-5-9-4-1-2-7-11(9)10/h1-2,4,7,10H,3,5-6,8H2,(H,15,16)/t10-/m0/s1. The summed E-state index contributed by atoms with van der Waals surface area (Å²) < 4.78 is 0. The number of aryl methyl sites for hydroxylation is 1. The third-order valence-electron chi connectivity index (χ3n) is 3.16. The van der Waals surface area contributed by atoms with E-state index in [1.165, 1.54) is 5.56 Å². The number of benzene rings is 1. The smallest absolute Gasteiger partial charge is 0.372 e. The second-order valence-corrected chi connectivity index (χ2v) is 4.22. The Morgan fingerprint density at radius 3 is 2.81 bits per heavy atom. The van der Waals surface area contributed by atoms with Crippen LogP contribution in [-0.2, 0) is 16.0 Å². The van der Waals surface area contributed by atoms with Gasteiger partial charge >= 0.3 is 5.97 Å². The maximum absolute atomic E-state index is 11.2. The van der Waals surface area contributed by atoms with Gasteiger partial charge in [0.1, 0.15) is 0 Å². The molecule has 1 aliphatic rings. The van der Waals surface area contributed by atoms with Crippen LogP contribution in [0, 0.1) is 0 Å². The van der Waals surface area contributed by atoms with Crippen molar-refractivity contribution in [3.8, 4) is 0 Å². The quantitative estimate of drug-likeness (QED) is 0.791. The number of Topliss-reactive ketones (excluding diaryl/α,β-unsaturated/α-hetero) is 1. The van der Waals surface area contributed by atoms with Gasteiger partial charge in [-0.15, -0.1) is 0 Å². The first-order valence-electron chi connectivity index (χ1n) is 5.52. The minimum absolute atomic E-state index is 0.0912. The van der Waals surface area contributed by atoms with Crippen LogP contribution in [0.2, 0.25) is 0 Å². The zero-order valence-corrected chi connectivity index (χ0v) is 8.98. The highest BCUT2D eigenvalue weighted by atomic mass is 16.4. The first-order valence-corrected chi connectivity index (χ1v) is 5.52. The van der Waals surface area contributed by atoms with Crippen LogP contribution >= 0.6 is 0 Å². The second kappa shape index (κ2) is 4.47. The summed E-state index contributed by atoms with van der Waals surface area (Å²) in [7, 11) is 0. The Morgan fingerprint density at radius 2 is 2.06 bits per heavy atom. The van der Waals surface area contributed by atoms with Gasteiger partial charge in [0.05, 0.1) is 0 Å². The van der Waals surface area contributed by atoms with E-state index < -0.39 is 11.8 Å². The van der Waals surface area contributed by atoms with Crippen LogP contribution in [0.25, 0.3) is 0 Å². The highest BCUT2D eigenvalue weighted by Gasteiger charge is 2.24. The average molecular weight is 218 g/mol. The first kappa shape index (κ1) is 10.9. The molecule has 1 aliphatic carbocycles. The van der Waals surface area contributed by atoms with Crippen molar-refractivity contribution in [2.45, 2.75) is 31.6 Å². The van der Waals surface area contributed by atoms with Crippen LogP contribution in [0.5, 0.6) is 0 Å². The van der Waals surface area contributed by atoms with Crippen molar-refractivity contribution in [2.24, 2.45) is 0 Å². The lowest BCUT2D eigenvalue weighted by Crippen LogP contribution is -2.19. The minimum atomic E-state index is -1.32. The van der Waals surface area contributed by atoms with Gasteiger partial charge in [-0.1, -0.05) is 24.3 Å². The van der Waals surface area contributed by atoms with Crippen LogP contribution in [-0.4, -0.2) is 16.9 Å². The Kier molecular flexibility index (Phi) is 3.04. The van der Waals surface area contributed by atoms with Crippen LogP contribution in [0.15, 0.2) is 24.3 Å². The lowest BCUT2D eigenvalue weighted by Gasteiger charge is -2.24. The van der Waals surface area contributed by atoms with E-state index in [9.17, 15) is 9.59 Å². The van der Waals surface area contributed by atoms with Gasteiger partial charge in [-0.2, -0.15) is 0 Å². The van der Waals surface area contributed by atoms with E-state index in [2.05, 4.69) is 6.07 Å². The Bertz CT molecular complexity index is 423. The molecule has 1 N–H and O–H groups in total. The second-order valence-electron chi connectivity index (χ2n) is 4.22. The fraction of sp³-hybridized carbons (Fsp3) is 0.385. The Labute approximate surface area is 94.1 Å². The largest absolute Gasteiger partial charge is 0.476 e. The molecule has 0 fully saturated rings. The normalized spacial score (nSPS) is 18.9. The summed E-state index contributed by atoms with van der Waals surface area (Å²) in [6, 6.07) is 8.00. The molecule has 0 saturated heterocycles. The van der Waals surface area contributed by atoms with Crippen molar-refractivity contribution in [2.75, 3.05) is 0 Å². The number of hydrogen-bond acceptors (Lipinski definition) is 2. The Balaban J connectivity index is 2.19. The molecule has 16 heavy (non-hydrogen) atoms. The maximum Gasteiger partial charge on any atom is 0.372 e.